The van der Waals surface area contributed by atoms with Gasteiger partial charge in [0.25, 0.3) is 6.43 Å². The summed E-state index contributed by atoms with van der Waals surface area (Å²) in [7, 11) is 0. The number of hydrogen-bond donors (Lipinski definition) is 3. The first-order valence-corrected chi connectivity index (χ1v) is 6.37. The Kier molecular flexibility index (Phi) is 2.68. The Morgan fingerprint density at radius 3 is 2.89 bits per heavy atom. The lowest BCUT2D eigenvalue weighted by molar-refractivity contribution is 0.146. The van der Waals surface area contributed by atoms with Crippen LogP contribution < -0.4 is 5.32 Å². The Morgan fingerprint density at radius 2 is 2.21 bits per heavy atom. The molecule has 3 heterocycles. The standard InChI is InChI=1S/C12H10F2N2O2S/c1-4-2-5(11(13)14)15-12-8(4)9-10(19-12)6(17)3-7(18)16-9/h2-3,7,11,16-18H,1H3/t7-/m1/s1. The van der Waals surface area contributed by atoms with Crippen LogP contribution >= 0.6 is 11.3 Å². The Bertz CT molecular complexity index is 697. The van der Waals surface area contributed by atoms with Gasteiger partial charge in [0.05, 0.1) is 10.6 Å². The molecule has 3 rings (SSSR count). The van der Waals surface area contributed by atoms with Crippen molar-refractivity contribution < 1.29 is 19.0 Å². The lowest BCUT2D eigenvalue weighted by atomic mass is 10.1. The molecule has 0 bridgehead atoms. The lowest BCUT2D eigenvalue weighted by Crippen LogP contribution is -2.19. The van der Waals surface area contributed by atoms with Crippen molar-refractivity contribution in [1.82, 2.24) is 4.98 Å². The SMILES string of the molecule is Cc1cc(C(F)F)nc2sc3c(c12)N[C@H](O)C=C3O. The van der Waals surface area contributed by atoms with Crippen molar-refractivity contribution in [1.29, 1.82) is 0 Å². The van der Waals surface area contributed by atoms with Crippen molar-refractivity contribution in [2.24, 2.45) is 0 Å². The molecule has 0 saturated carbocycles. The second kappa shape index (κ2) is 4.14. The molecule has 1 atom stereocenters. The van der Waals surface area contributed by atoms with Crippen LogP contribution in [0.15, 0.2) is 12.1 Å². The topological polar surface area (TPSA) is 65.4 Å². The molecule has 2 aromatic heterocycles. The maximum absolute atomic E-state index is 12.7. The third kappa shape index (κ3) is 1.85. The van der Waals surface area contributed by atoms with Gasteiger partial charge in [0.1, 0.15) is 22.5 Å². The molecule has 0 fully saturated rings. The maximum atomic E-state index is 12.7. The maximum Gasteiger partial charge on any atom is 0.280 e. The van der Waals surface area contributed by atoms with Gasteiger partial charge in [-0.15, -0.1) is 11.3 Å². The van der Waals surface area contributed by atoms with Crippen LogP contribution in [0.3, 0.4) is 0 Å². The monoisotopic (exact) mass is 284 g/mol. The van der Waals surface area contributed by atoms with Crippen molar-refractivity contribution in [3.05, 3.63) is 28.3 Å². The van der Waals surface area contributed by atoms with Crippen molar-refractivity contribution in [2.75, 3.05) is 5.32 Å². The van der Waals surface area contributed by atoms with Gasteiger partial charge in [0, 0.05) is 11.5 Å². The number of anilines is 1. The fraction of sp³-hybridized carbons (Fsp3) is 0.250. The molecule has 100 valence electrons. The minimum Gasteiger partial charge on any atom is -0.507 e. The molecule has 0 aliphatic carbocycles. The van der Waals surface area contributed by atoms with E-state index in [0.717, 1.165) is 11.3 Å². The van der Waals surface area contributed by atoms with Crippen molar-refractivity contribution in [3.63, 3.8) is 0 Å². The van der Waals surface area contributed by atoms with E-state index in [-0.39, 0.29) is 11.5 Å². The number of thiophene rings is 1. The predicted octanol–water partition coefficient (Wildman–Crippen LogP) is 3.19. The third-order valence-electron chi connectivity index (χ3n) is 2.94. The summed E-state index contributed by atoms with van der Waals surface area (Å²) in [5.74, 6) is -0.0674. The number of alkyl halides is 2. The number of nitrogens with zero attached hydrogens (tertiary/aromatic N) is 1. The number of nitrogens with one attached hydrogen (secondary N) is 1. The van der Waals surface area contributed by atoms with Gasteiger partial charge >= 0.3 is 0 Å². The summed E-state index contributed by atoms with van der Waals surface area (Å²) in [5, 5.41) is 22.8. The normalized spacial score (nSPS) is 18.4. The molecular formula is C12H10F2N2O2S. The molecule has 0 aromatic carbocycles. The molecule has 3 N–H and O–H groups in total. The third-order valence-corrected chi connectivity index (χ3v) is 4.05. The summed E-state index contributed by atoms with van der Waals surface area (Å²) in [5.41, 5.74) is 0.887. The number of hydrogen-bond acceptors (Lipinski definition) is 5. The average Bonchev–Trinajstić information content (AvgIpc) is 2.68. The molecular weight excluding hydrogens is 274 g/mol. The Balaban J connectivity index is 2.30. The second-order valence-electron chi connectivity index (χ2n) is 4.29. The zero-order valence-electron chi connectivity index (χ0n) is 9.82. The number of fused-ring (bicyclic) bond motifs is 3. The molecule has 7 heteroatoms. The van der Waals surface area contributed by atoms with Gasteiger partial charge in [0.2, 0.25) is 0 Å². The zero-order valence-corrected chi connectivity index (χ0v) is 10.6. The molecule has 2 aromatic rings. The fourth-order valence-electron chi connectivity index (χ4n) is 2.15. The number of aliphatic hydroxyl groups is 2. The fourth-order valence-corrected chi connectivity index (χ4v) is 3.30. The first-order chi connectivity index (χ1) is 8.97. The Morgan fingerprint density at radius 1 is 1.47 bits per heavy atom. The second-order valence-corrected chi connectivity index (χ2v) is 5.29. The van der Waals surface area contributed by atoms with Gasteiger partial charge in [-0.3, -0.25) is 0 Å². The van der Waals surface area contributed by atoms with Gasteiger partial charge in [-0.2, -0.15) is 0 Å². The van der Waals surface area contributed by atoms with E-state index in [4.69, 9.17) is 0 Å². The molecule has 0 saturated heterocycles. The predicted molar refractivity (Wildman–Crippen MR) is 69.5 cm³/mol. The molecule has 19 heavy (non-hydrogen) atoms. The first-order valence-electron chi connectivity index (χ1n) is 5.55. The quantitative estimate of drug-likeness (QED) is 0.752. The van der Waals surface area contributed by atoms with E-state index >= 15 is 0 Å². The van der Waals surface area contributed by atoms with Crippen LogP contribution in [-0.2, 0) is 0 Å². The van der Waals surface area contributed by atoms with Gasteiger partial charge < -0.3 is 15.5 Å². The number of aliphatic hydroxyl groups excluding tert-OH is 2. The van der Waals surface area contributed by atoms with Crippen LogP contribution in [0.2, 0.25) is 0 Å². The number of aromatic nitrogens is 1. The van der Waals surface area contributed by atoms with Crippen LogP contribution in [0.4, 0.5) is 14.5 Å². The van der Waals surface area contributed by atoms with Crippen molar-refractivity contribution in [2.45, 2.75) is 19.6 Å². The smallest absolute Gasteiger partial charge is 0.280 e. The molecule has 1 aliphatic rings. The molecule has 0 spiro atoms. The highest BCUT2D eigenvalue weighted by Crippen LogP contribution is 2.43. The van der Waals surface area contributed by atoms with Crippen LogP contribution in [0.5, 0.6) is 0 Å². The van der Waals surface area contributed by atoms with Crippen LogP contribution in [0, 0.1) is 6.92 Å². The molecule has 0 amide bonds. The van der Waals surface area contributed by atoms with Gasteiger partial charge in [0.15, 0.2) is 0 Å². The van der Waals surface area contributed by atoms with Crippen LogP contribution in [0.25, 0.3) is 16.0 Å². The molecule has 0 unspecified atom stereocenters. The highest BCUT2D eigenvalue weighted by molar-refractivity contribution is 7.20. The van der Waals surface area contributed by atoms with Crippen LogP contribution in [-0.4, -0.2) is 21.4 Å². The largest absolute Gasteiger partial charge is 0.507 e. The molecule has 1 aliphatic heterocycles. The van der Waals surface area contributed by atoms with E-state index in [1.54, 1.807) is 6.92 Å². The summed E-state index contributed by atoms with van der Waals surface area (Å²) in [6.45, 7) is 1.70. The highest BCUT2D eigenvalue weighted by atomic mass is 32.1. The van der Waals surface area contributed by atoms with Gasteiger partial charge in [-0.25, -0.2) is 13.8 Å². The van der Waals surface area contributed by atoms with Crippen molar-refractivity contribution in [3.8, 4) is 0 Å². The van der Waals surface area contributed by atoms with Crippen LogP contribution in [0.1, 0.15) is 22.6 Å². The molecule has 0 radical (unpaired) electrons. The number of halogens is 2. The van der Waals surface area contributed by atoms with E-state index in [1.807, 2.05) is 0 Å². The highest BCUT2D eigenvalue weighted by Gasteiger charge is 2.25. The van der Waals surface area contributed by atoms with E-state index < -0.39 is 12.7 Å². The average molecular weight is 284 g/mol. The number of pyridine rings is 1. The number of rotatable bonds is 1. The van der Waals surface area contributed by atoms with E-state index in [2.05, 4.69) is 10.3 Å². The van der Waals surface area contributed by atoms with Gasteiger partial charge in [-0.05, 0) is 18.6 Å². The lowest BCUT2D eigenvalue weighted by Gasteiger charge is -2.17. The van der Waals surface area contributed by atoms with Crippen molar-refractivity contribution >= 4 is 33.0 Å². The van der Waals surface area contributed by atoms with Gasteiger partial charge in [-0.1, -0.05) is 0 Å². The van der Waals surface area contributed by atoms with E-state index in [0.29, 0.717) is 26.3 Å². The Hall–Kier alpha value is -1.73. The Labute approximate surface area is 111 Å². The summed E-state index contributed by atoms with van der Waals surface area (Å²) in [6, 6.07) is 1.32. The summed E-state index contributed by atoms with van der Waals surface area (Å²) < 4.78 is 25.4. The summed E-state index contributed by atoms with van der Waals surface area (Å²) in [6.07, 6.45) is -2.38. The first kappa shape index (κ1) is 12.3. The number of aryl methyl sites for hydroxylation is 1. The van der Waals surface area contributed by atoms with E-state index in [9.17, 15) is 19.0 Å². The zero-order chi connectivity index (χ0) is 13.7. The summed E-state index contributed by atoms with van der Waals surface area (Å²) in [4.78, 5) is 4.83. The summed E-state index contributed by atoms with van der Waals surface area (Å²) >= 11 is 1.12. The van der Waals surface area contributed by atoms with E-state index in [1.165, 1.54) is 12.1 Å². The minimum atomic E-state index is -2.63. The molecule has 4 nitrogen and oxygen atoms in total. The minimum absolute atomic E-state index is 0.0674.